The van der Waals surface area contributed by atoms with Crippen molar-refractivity contribution >= 4 is 32.7 Å². The van der Waals surface area contributed by atoms with Crippen molar-refractivity contribution < 1.29 is 0 Å². The van der Waals surface area contributed by atoms with Crippen LogP contribution in [0.4, 0.5) is 5.69 Å². The van der Waals surface area contributed by atoms with Crippen LogP contribution >= 0.6 is 15.9 Å². The number of benzene rings is 1. The number of aromatic nitrogens is 3. The highest BCUT2D eigenvalue weighted by molar-refractivity contribution is 9.10. The normalized spacial score (nSPS) is 10.8. The van der Waals surface area contributed by atoms with Gasteiger partial charge in [-0.1, -0.05) is 5.21 Å². The van der Waals surface area contributed by atoms with Gasteiger partial charge in [-0.25, -0.2) is 4.68 Å². The molecule has 5 heteroatoms. The Morgan fingerprint density at radius 3 is 3.00 bits per heavy atom. The molecule has 0 bridgehead atoms. The summed E-state index contributed by atoms with van der Waals surface area (Å²) in [4.78, 5) is 0. The maximum absolute atomic E-state index is 5.77. The van der Waals surface area contributed by atoms with Crippen LogP contribution in [0.3, 0.4) is 0 Å². The average Bonchev–Trinajstić information content (AvgIpc) is 2.41. The molecule has 1 aromatic carbocycles. The fourth-order valence-electron chi connectivity index (χ4n) is 1.10. The first kappa shape index (κ1) is 7.54. The van der Waals surface area contributed by atoms with Gasteiger partial charge in [0.05, 0.1) is 11.2 Å². The van der Waals surface area contributed by atoms with E-state index < -0.39 is 0 Å². The van der Waals surface area contributed by atoms with Gasteiger partial charge in [0.25, 0.3) is 0 Å². The van der Waals surface area contributed by atoms with Crippen molar-refractivity contribution in [3.63, 3.8) is 0 Å². The minimum atomic E-state index is 0.639. The van der Waals surface area contributed by atoms with Crippen LogP contribution in [-0.2, 0) is 7.05 Å². The van der Waals surface area contributed by atoms with Crippen LogP contribution in [0, 0.1) is 0 Å². The molecule has 0 radical (unpaired) electrons. The van der Waals surface area contributed by atoms with E-state index in [4.69, 9.17) is 5.73 Å². The van der Waals surface area contributed by atoms with Crippen LogP contribution in [0.25, 0.3) is 11.0 Å². The topological polar surface area (TPSA) is 56.7 Å². The zero-order valence-corrected chi connectivity index (χ0v) is 8.04. The molecule has 0 amide bonds. The third-order valence-corrected chi connectivity index (χ3v) is 2.46. The summed E-state index contributed by atoms with van der Waals surface area (Å²) in [5.41, 5.74) is 8.09. The molecule has 2 rings (SSSR count). The monoisotopic (exact) mass is 226 g/mol. The van der Waals surface area contributed by atoms with Crippen LogP contribution in [-0.4, -0.2) is 15.0 Å². The predicted molar refractivity (Wildman–Crippen MR) is 50.6 cm³/mol. The van der Waals surface area contributed by atoms with Gasteiger partial charge < -0.3 is 5.73 Å². The Kier molecular flexibility index (Phi) is 1.54. The van der Waals surface area contributed by atoms with Gasteiger partial charge in [-0.2, -0.15) is 0 Å². The number of fused-ring (bicyclic) bond motifs is 1. The van der Waals surface area contributed by atoms with Gasteiger partial charge in [0.1, 0.15) is 5.52 Å². The Morgan fingerprint density at radius 1 is 1.50 bits per heavy atom. The van der Waals surface area contributed by atoms with Crippen molar-refractivity contribution in [3.05, 3.63) is 16.6 Å². The van der Waals surface area contributed by atoms with E-state index in [1.54, 1.807) is 4.68 Å². The van der Waals surface area contributed by atoms with Gasteiger partial charge in [-0.05, 0) is 28.1 Å². The van der Waals surface area contributed by atoms with E-state index in [1.807, 2.05) is 19.2 Å². The molecule has 0 aliphatic rings. The molecule has 2 aromatic rings. The first-order valence-corrected chi connectivity index (χ1v) is 4.23. The van der Waals surface area contributed by atoms with Gasteiger partial charge in [-0.3, -0.25) is 0 Å². The first-order valence-electron chi connectivity index (χ1n) is 3.43. The lowest BCUT2D eigenvalue weighted by molar-refractivity contribution is 0.736. The lowest BCUT2D eigenvalue weighted by Gasteiger charge is -1.97. The van der Waals surface area contributed by atoms with E-state index in [1.165, 1.54) is 0 Å². The summed E-state index contributed by atoms with van der Waals surface area (Å²) in [6, 6.07) is 3.82. The first-order chi connectivity index (χ1) is 5.70. The summed E-state index contributed by atoms with van der Waals surface area (Å²) < 4.78 is 2.55. The maximum atomic E-state index is 5.77. The molecule has 0 saturated carbocycles. The minimum Gasteiger partial charge on any atom is -0.396 e. The van der Waals surface area contributed by atoms with Gasteiger partial charge in [0, 0.05) is 11.5 Å². The molecule has 0 atom stereocenters. The van der Waals surface area contributed by atoms with E-state index >= 15 is 0 Å². The van der Waals surface area contributed by atoms with Gasteiger partial charge in [0.2, 0.25) is 0 Å². The molecule has 1 heterocycles. The number of halogens is 1. The van der Waals surface area contributed by atoms with Crippen LogP contribution in [0.5, 0.6) is 0 Å². The number of nitrogen functional groups attached to an aromatic ring is 1. The SMILES string of the molecule is Cn1nnc2c(N)c(Br)ccc21. The average molecular weight is 227 g/mol. The standard InChI is InChI=1S/C7H7BrN4/c1-12-5-3-2-4(8)6(9)7(5)10-11-12/h2-3H,9H2,1H3. The highest BCUT2D eigenvalue weighted by Crippen LogP contribution is 2.26. The maximum Gasteiger partial charge on any atom is 0.137 e. The fraction of sp³-hybridized carbons (Fsp3) is 0.143. The lowest BCUT2D eigenvalue weighted by Crippen LogP contribution is -1.90. The molecule has 12 heavy (non-hydrogen) atoms. The lowest BCUT2D eigenvalue weighted by atomic mass is 10.3. The van der Waals surface area contributed by atoms with E-state index in [0.717, 1.165) is 15.5 Å². The van der Waals surface area contributed by atoms with Crippen LogP contribution < -0.4 is 5.73 Å². The minimum absolute atomic E-state index is 0.639. The molecule has 0 spiro atoms. The van der Waals surface area contributed by atoms with Gasteiger partial charge in [0.15, 0.2) is 0 Å². The Bertz CT molecular complexity index is 434. The predicted octanol–water partition coefficient (Wildman–Crippen LogP) is 1.31. The van der Waals surface area contributed by atoms with Crippen molar-refractivity contribution in [2.45, 2.75) is 0 Å². The second-order valence-electron chi connectivity index (χ2n) is 2.54. The molecular formula is C7H7BrN4. The highest BCUT2D eigenvalue weighted by Gasteiger charge is 2.06. The molecule has 0 aliphatic carbocycles. The van der Waals surface area contributed by atoms with E-state index in [9.17, 15) is 0 Å². The van der Waals surface area contributed by atoms with Gasteiger partial charge >= 0.3 is 0 Å². The molecule has 2 N–H and O–H groups in total. The Hall–Kier alpha value is -1.10. The quantitative estimate of drug-likeness (QED) is 0.690. The third-order valence-electron chi connectivity index (χ3n) is 1.77. The third kappa shape index (κ3) is 0.896. The summed E-state index contributed by atoms with van der Waals surface area (Å²) >= 11 is 3.32. The molecule has 1 aromatic heterocycles. The summed E-state index contributed by atoms with van der Waals surface area (Å²) in [5.74, 6) is 0. The summed E-state index contributed by atoms with van der Waals surface area (Å²) in [6.07, 6.45) is 0. The molecule has 0 unspecified atom stereocenters. The molecule has 0 saturated heterocycles. The highest BCUT2D eigenvalue weighted by atomic mass is 79.9. The second-order valence-corrected chi connectivity index (χ2v) is 3.40. The zero-order valence-electron chi connectivity index (χ0n) is 6.45. The van der Waals surface area contributed by atoms with Crippen LogP contribution in [0.2, 0.25) is 0 Å². The number of nitrogens with zero attached hydrogens (tertiary/aromatic N) is 3. The van der Waals surface area contributed by atoms with E-state index in [2.05, 4.69) is 26.2 Å². The van der Waals surface area contributed by atoms with E-state index in [-0.39, 0.29) is 0 Å². The van der Waals surface area contributed by atoms with Crippen molar-refractivity contribution in [1.82, 2.24) is 15.0 Å². The van der Waals surface area contributed by atoms with Crippen LogP contribution in [0.15, 0.2) is 16.6 Å². The molecule has 62 valence electrons. The number of hydrogen-bond acceptors (Lipinski definition) is 3. The summed E-state index contributed by atoms with van der Waals surface area (Å²) in [6.45, 7) is 0. The number of aryl methyl sites for hydroxylation is 1. The molecular weight excluding hydrogens is 220 g/mol. The smallest absolute Gasteiger partial charge is 0.137 e. The molecule has 4 nitrogen and oxygen atoms in total. The van der Waals surface area contributed by atoms with Crippen LogP contribution in [0.1, 0.15) is 0 Å². The summed E-state index contributed by atoms with van der Waals surface area (Å²) in [7, 11) is 1.84. The number of hydrogen-bond donors (Lipinski definition) is 1. The Balaban J connectivity index is 2.93. The fourth-order valence-corrected chi connectivity index (χ4v) is 1.42. The largest absolute Gasteiger partial charge is 0.396 e. The molecule has 0 aliphatic heterocycles. The van der Waals surface area contributed by atoms with E-state index in [0.29, 0.717) is 5.69 Å². The number of nitrogens with two attached hydrogens (primary N) is 1. The molecule has 0 fully saturated rings. The number of anilines is 1. The van der Waals surface area contributed by atoms with Crippen molar-refractivity contribution in [3.8, 4) is 0 Å². The zero-order chi connectivity index (χ0) is 8.72. The summed E-state index contributed by atoms with van der Waals surface area (Å²) in [5, 5.41) is 7.80. The Morgan fingerprint density at radius 2 is 2.25 bits per heavy atom. The second kappa shape index (κ2) is 2.45. The Labute approximate surface area is 77.5 Å². The van der Waals surface area contributed by atoms with Crippen molar-refractivity contribution in [2.24, 2.45) is 7.05 Å². The van der Waals surface area contributed by atoms with Crippen molar-refractivity contribution in [1.29, 1.82) is 0 Å². The van der Waals surface area contributed by atoms with Gasteiger partial charge in [-0.15, -0.1) is 5.10 Å². The number of rotatable bonds is 0. The van der Waals surface area contributed by atoms with Crippen molar-refractivity contribution in [2.75, 3.05) is 5.73 Å².